The molecule has 0 saturated heterocycles. The molecule has 2 heterocycles. The highest BCUT2D eigenvalue weighted by molar-refractivity contribution is 5.74. The fraction of sp³-hybridized carbons (Fsp3) is 0.538. The molecule has 0 spiro atoms. The molecule has 92 valence electrons. The largest absolute Gasteiger partial charge is 0.369 e. The van der Waals surface area contributed by atoms with E-state index in [1.807, 2.05) is 23.6 Å². The van der Waals surface area contributed by atoms with Crippen LogP contribution in [-0.4, -0.2) is 14.5 Å². The van der Waals surface area contributed by atoms with E-state index in [-0.39, 0.29) is 0 Å². The van der Waals surface area contributed by atoms with E-state index in [0.29, 0.717) is 11.9 Å². The number of fused-ring (bicyclic) bond motifs is 1. The SMILES string of the molecule is CCC(CC)Cn1c(N)nc2ccc(C)nc21. The normalized spacial score (nSPS) is 11.5. The lowest BCUT2D eigenvalue weighted by molar-refractivity contribution is 0.426. The molecular weight excluding hydrogens is 212 g/mol. The van der Waals surface area contributed by atoms with Crippen LogP contribution in [0.25, 0.3) is 11.2 Å². The van der Waals surface area contributed by atoms with Crippen LogP contribution >= 0.6 is 0 Å². The summed E-state index contributed by atoms with van der Waals surface area (Å²) in [4.78, 5) is 8.89. The van der Waals surface area contributed by atoms with E-state index < -0.39 is 0 Å². The molecule has 17 heavy (non-hydrogen) atoms. The van der Waals surface area contributed by atoms with Crippen molar-refractivity contribution in [3.05, 3.63) is 17.8 Å². The molecule has 0 aromatic carbocycles. The summed E-state index contributed by atoms with van der Waals surface area (Å²) in [6.45, 7) is 7.32. The standard InChI is InChI=1S/C13H20N4/c1-4-10(5-2)8-17-12-11(16-13(17)14)7-6-9(3)15-12/h6-7,10H,4-5,8H2,1-3H3,(H2,14,16). The molecular formula is C13H20N4. The number of aromatic nitrogens is 3. The van der Waals surface area contributed by atoms with Gasteiger partial charge >= 0.3 is 0 Å². The maximum atomic E-state index is 5.97. The zero-order chi connectivity index (χ0) is 12.4. The first kappa shape index (κ1) is 11.9. The molecule has 0 fully saturated rings. The number of nitrogens with zero attached hydrogens (tertiary/aromatic N) is 3. The molecule has 0 unspecified atom stereocenters. The maximum absolute atomic E-state index is 5.97. The number of imidazole rings is 1. The highest BCUT2D eigenvalue weighted by Gasteiger charge is 2.13. The van der Waals surface area contributed by atoms with Crippen LogP contribution in [0.1, 0.15) is 32.4 Å². The van der Waals surface area contributed by atoms with Gasteiger partial charge in [-0.25, -0.2) is 9.97 Å². The van der Waals surface area contributed by atoms with Crippen LogP contribution in [0.5, 0.6) is 0 Å². The van der Waals surface area contributed by atoms with Crippen LogP contribution < -0.4 is 5.73 Å². The van der Waals surface area contributed by atoms with E-state index in [9.17, 15) is 0 Å². The highest BCUT2D eigenvalue weighted by Crippen LogP contribution is 2.20. The van der Waals surface area contributed by atoms with E-state index in [1.165, 1.54) is 0 Å². The Morgan fingerprint density at radius 2 is 1.94 bits per heavy atom. The van der Waals surface area contributed by atoms with E-state index in [0.717, 1.165) is 36.2 Å². The third-order valence-electron chi connectivity index (χ3n) is 3.36. The van der Waals surface area contributed by atoms with Crippen LogP contribution in [0.2, 0.25) is 0 Å². The van der Waals surface area contributed by atoms with Crippen molar-refractivity contribution in [3.8, 4) is 0 Å². The van der Waals surface area contributed by atoms with Gasteiger partial charge in [0.1, 0.15) is 5.52 Å². The Morgan fingerprint density at radius 1 is 1.24 bits per heavy atom. The Hall–Kier alpha value is -1.58. The first-order valence-corrected chi connectivity index (χ1v) is 6.25. The smallest absolute Gasteiger partial charge is 0.202 e. The Balaban J connectivity index is 2.44. The summed E-state index contributed by atoms with van der Waals surface area (Å²) in [7, 11) is 0. The lowest BCUT2D eigenvalue weighted by atomic mass is 10.0. The van der Waals surface area contributed by atoms with Gasteiger partial charge in [0.15, 0.2) is 5.65 Å². The Bertz CT molecular complexity index is 511. The number of aryl methyl sites for hydroxylation is 1. The number of rotatable bonds is 4. The fourth-order valence-electron chi connectivity index (χ4n) is 2.10. The minimum atomic E-state index is 0.574. The summed E-state index contributed by atoms with van der Waals surface area (Å²) >= 11 is 0. The number of hydrogen-bond acceptors (Lipinski definition) is 3. The van der Waals surface area contributed by atoms with Gasteiger partial charge in [-0.2, -0.15) is 0 Å². The predicted molar refractivity (Wildman–Crippen MR) is 70.7 cm³/mol. The van der Waals surface area contributed by atoms with Crippen molar-refractivity contribution in [1.29, 1.82) is 0 Å². The molecule has 4 heteroatoms. The van der Waals surface area contributed by atoms with Gasteiger partial charge in [0.2, 0.25) is 5.95 Å². The van der Waals surface area contributed by atoms with Crippen molar-refractivity contribution in [2.24, 2.45) is 5.92 Å². The second kappa shape index (κ2) is 4.73. The van der Waals surface area contributed by atoms with Crippen molar-refractivity contribution in [2.45, 2.75) is 40.2 Å². The molecule has 2 aromatic rings. The van der Waals surface area contributed by atoms with E-state index in [4.69, 9.17) is 5.73 Å². The van der Waals surface area contributed by atoms with Crippen molar-refractivity contribution >= 4 is 17.1 Å². The number of hydrogen-bond donors (Lipinski definition) is 1. The topological polar surface area (TPSA) is 56.7 Å². The molecule has 2 aromatic heterocycles. The quantitative estimate of drug-likeness (QED) is 0.881. The second-order valence-corrected chi connectivity index (χ2v) is 4.56. The highest BCUT2D eigenvalue weighted by atomic mass is 15.2. The molecule has 0 amide bonds. The third-order valence-corrected chi connectivity index (χ3v) is 3.36. The van der Waals surface area contributed by atoms with Gasteiger partial charge in [-0.15, -0.1) is 0 Å². The van der Waals surface area contributed by atoms with E-state index in [2.05, 4.69) is 23.8 Å². The van der Waals surface area contributed by atoms with Gasteiger partial charge in [-0.3, -0.25) is 4.57 Å². The van der Waals surface area contributed by atoms with E-state index >= 15 is 0 Å². The first-order chi connectivity index (χ1) is 8.15. The average Bonchev–Trinajstić information content (AvgIpc) is 2.62. The molecule has 0 radical (unpaired) electrons. The van der Waals surface area contributed by atoms with Gasteiger partial charge < -0.3 is 5.73 Å². The van der Waals surface area contributed by atoms with Crippen LogP contribution in [0.4, 0.5) is 5.95 Å². The van der Waals surface area contributed by atoms with Gasteiger partial charge in [-0.05, 0) is 25.0 Å². The Kier molecular flexibility index (Phi) is 3.31. The summed E-state index contributed by atoms with van der Waals surface area (Å²) in [5.41, 5.74) is 8.78. The number of pyridine rings is 1. The van der Waals surface area contributed by atoms with Gasteiger partial charge in [0, 0.05) is 12.2 Å². The van der Waals surface area contributed by atoms with Crippen molar-refractivity contribution in [3.63, 3.8) is 0 Å². The summed E-state index contributed by atoms with van der Waals surface area (Å²) in [6, 6.07) is 3.95. The fourth-order valence-corrected chi connectivity index (χ4v) is 2.10. The van der Waals surface area contributed by atoms with Crippen LogP contribution in [0.3, 0.4) is 0 Å². The average molecular weight is 232 g/mol. The third kappa shape index (κ3) is 2.25. The molecule has 0 aliphatic rings. The first-order valence-electron chi connectivity index (χ1n) is 6.25. The molecule has 0 aliphatic carbocycles. The second-order valence-electron chi connectivity index (χ2n) is 4.56. The van der Waals surface area contributed by atoms with Crippen LogP contribution in [-0.2, 0) is 6.54 Å². The molecule has 2 rings (SSSR count). The minimum Gasteiger partial charge on any atom is -0.369 e. The lowest BCUT2D eigenvalue weighted by Gasteiger charge is -2.14. The number of anilines is 1. The summed E-state index contributed by atoms with van der Waals surface area (Å²) in [5.74, 6) is 1.21. The van der Waals surface area contributed by atoms with Crippen LogP contribution in [0.15, 0.2) is 12.1 Å². The maximum Gasteiger partial charge on any atom is 0.202 e. The number of nitrogens with two attached hydrogens (primary N) is 1. The lowest BCUT2D eigenvalue weighted by Crippen LogP contribution is -2.12. The Labute approximate surface area is 102 Å². The van der Waals surface area contributed by atoms with E-state index in [1.54, 1.807) is 0 Å². The minimum absolute atomic E-state index is 0.574. The van der Waals surface area contributed by atoms with Crippen molar-refractivity contribution in [2.75, 3.05) is 5.73 Å². The van der Waals surface area contributed by atoms with Gasteiger partial charge in [0.05, 0.1) is 0 Å². The zero-order valence-corrected chi connectivity index (χ0v) is 10.8. The summed E-state index contributed by atoms with van der Waals surface area (Å²) in [5, 5.41) is 0. The molecule has 0 bridgehead atoms. The zero-order valence-electron chi connectivity index (χ0n) is 10.8. The summed E-state index contributed by atoms with van der Waals surface area (Å²) < 4.78 is 2.04. The molecule has 0 atom stereocenters. The van der Waals surface area contributed by atoms with Crippen molar-refractivity contribution < 1.29 is 0 Å². The molecule has 4 nitrogen and oxygen atoms in total. The van der Waals surface area contributed by atoms with Crippen LogP contribution in [0, 0.1) is 12.8 Å². The monoisotopic (exact) mass is 232 g/mol. The Morgan fingerprint density at radius 3 is 2.59 bits per heavy atom. The molecule has 0 saturated carbocycles. The predicted octanol–water partition coefficient (Wildman–Crippen LogP) is 2.76. The van der Waals surface area contributed by atoms with Gasteiger partial charge in [0.25, 0.3) is 0 Å². The van der Waals surface area contributed by atoms with Crippen molar-refractivity contribution in [1.82, 2.24) is 14.5 Å². The molecule has 0 aliphatic heterocycles. The molecule has 2 N–H and O–H groups in total. The summed E-state index contributed by atoms with van der Waals surface area (Å²) in [6.07, 6.45) is 2.31. The van der Waals surface area contributed by atoms with Gasteiger partial charge in [-0.1, -0.05) is 26.7 Å². The number of nitrogen functional groups attached to an aromatic ring is 1.